The van der Waals surface area contributed by atoms with Gasteiger partial charge in [0.1, 0.15) is 5.71 Å². The van der Waals surface area contributed by atoms with Crippen LogP contribution >= 0.6 is 0 Å². The topological polar surface area (TPSA) is 84.0 Å². The van der Waals surface area contributed by atoms with Gasteiger partial charge in [0.25, 0.3) is 0 Å². The van der Waals surface area contributed by atoms with Crippen LogP contribution in [0.25, 0.3) is 10.8 Å². The second kappa shape index (κ2) is 3.58. The van der Waals surface area contributed by atoms with E-state index in [1.807, 2.05) is 24.3 Å². The number of hydrogen-bond acceptors (Lipinski definition) is 4. The molecule has 0 fully saturated rings. The van der Waals surface area contributed by atoms with E-state index in [-0.39, 0.29) is 5.71 Å². The Labute approximate surface area is 103 Å². The monoisotopic (exact) mass is 238 g/mol. The summed E-state index contributed by atoms with van der Waals surface area (Å²) < 4.78 is 0. The van der Waals surface area contributed by atoms with Crippen LogP contribution in [0.15, 0.2) is 36.4 Å². The van der Waals surface area contributed by atoms with Crippen molar-refractivity contribution in [2.45, 2.75) is 6.04 Å². The minimum absolute atomic E-state index is 0.262. The summed E-state index contributed by atoms with van der Waals surface area (Å²) in [6.45, 7) is 0. The number of nitrogens with two attached hydrogens (primary N) is 1. The van der Waals surface area contributed by atoms with E-state index in [0.29, 0.717) is 11.1 Å². The van der Waals surface area contributed by atoms with Gasteiger partial charge in [0, 0.05) is 5.56 Å². The van der Waals surface area contributed by atoms with E-state index < -0.39 is 17.6 Å². The number of Topliss-reactive ketones (excluding diaryl/α,β-unsaturated/α-hetero) is 2. The molecule has 1 aliphatic carbocycles. The minimum Gasteiger partial charge on any atom is -0.317 e. The van der Waals surface area contributed by atoms with Gasteiger partial charge in [-0.25, -0.2) is 0 Å². The van der Waals surface area contributed by atoms with Crippen molar-refractivity contribution in [2.24, 2.45) is 5.73 Å². The van der Waals surface area contributed by atoms with Gasteiger partial charge in [-0.05, 0) is 28.5 Å². The lowest BCUT2D eigenvalue weighted by Crippen LogP contribution is -2.39. The normalized spacial score (nSPS) is 19.2. The average molecular weight is 238 g/mol. The van der Waals surface area contributed by atoms with Crippen LogP contribution in [0.1, 0.15) is 17.2 Å². The molecule has 0 aliphatic heterocycles. The summed E-state index contributed by atoms with van der Waals surface area (Å²) >= 11 is 0. The molecule has 2 aromatic rings. The Morgan fingerprint density at radius 2 is 1.67 bits per heavy atom. The molecule has 4 nitrogen and oxygen atoms in total. The number of carbonyl (C=O) groups is 2. The third kappa shape index (κ3) is 1.33. The number of rotatable bonds is 0. The average Bonchev–Trinajstić information content (AvgIpc) is 2.41. The quantitative estimate of drug-likeness (QED) is 0.679. The van der Waals surface area contributed by atoms with Crippen molar-refractivity contribution in [1.82, 2.24) is 0 Å². The largest absolute Gasteiger partial charge is 0.317 e. The van der Waals surface area contributed by atoms with E-state index in [1.165, 1.54) is 0 Å². The van der Waals surface area contributed by atoms with Gasteiger partial charge >= 0.3 is 0 Å². The molecule has 0 heterocycles. The molecule has 1 atom stereocenters. The fourth-order valence-corrected chi connectivity index (χ4v) is 2.26. The first kappa shape index (κ1) is 10.8. The Morgan fingerprint density at radius 3 is 2.33 bits per heavy atom. The third-order valence-corrected chi connectivity index (χ3v) is 3.26. The highest BCUT2D eigenvalue weighted by molar-refractivity contribution is 6.70. The molecule has 88 valence electrons. The van der Waals surface area contributed by atoms with E-state index >= 15 is 0 Å². The van der Waals surface area contributed by atoms with Crippen molar-refractivity contribution >= 4 is 28.1 Å². The predicted octanol–water partition coefficient (Wildman–Crippen LogP) is 1.36. The molecule has 0 spiro atoms. The number of ketones is 2. The maximum Gasteiger partial charge on any atom is 0.248 e. The highest BCUT2D eigenvalue weighted by Gasteiger charge is 2.35. The van der Waals surface area contributed by atoms with Crippen LogP contribution in [-0.2, 0) is 9.59 Å². The van der Waals surface area contributed by atoms with Crippen LogP contribution in [0.3, 0.4) is 0 Å². The maximum atomic E-state index is 11.6. The summed E-state index contributed by atoms with van der Waals surface area (Å²) in [5, 5.41) is 9.62. The van der Waals surface area contributed by atoms with Gasteiger partial charge in [0.2, 0.25) is 11.6 Å². The second-order valence-electron chi connectivity index (χ2n) is 4.33. The van der Waals surface area contributed by atoms with E-state index in [4.69, 9.17) is 11.1 Å². The van der Waals surface area contributed by atoms with Crippen LogP contribution in [0.2, 0.25) is 0 Å². The van der Waals surface area contributed by atoms with Crippen molar-refractivity contribution < 1.29 is 9.59 Å². The molecule has 4 heteroatoms. The first-order chi connectivity index (χ1) is 8.59. The molecule has 1 aliphatic rings. The van der Waals surface area contributed by atoms with Crippen molar-refractivity contribution in [3.05, 3.63) is 47.5 Å². The summed E-state index contributed by atoms with van der Waals surface area (Å²) in [7, 11) is 0. The fraction of sp³-hybridized carbons (Fsp3) is 0.0714. The highest BCUT2D eigenvalue weighted by atomic mass is 16.2. The van der Waals surface area contributed by atoms with Gasteiger partial charge < -0.3 is 5.73 Å². The summed E-state index contributed by atoms with van der Waals surface area (Å²) in [4.78, 5) is 23.2. The molecule has 3 N–H and O–H groups in total. The van der Waals surface area contributed by atoms with E-state index in [1.54, 1.807) is 12.1 Å². The number of hydrogen-bond donors (Lipinski definition) is 2. The van der Waals surface area contributed by atoms with E-state index in [2.05, 4.69) is 0 Å². The molecule has 3 rings (SSSR count). The molecular formula is C14H10N2O2. The zero-order valence-electron chi connectivity index (χ0n) is 9.44. The van der Waals surface area contributed by atoms with Crippen LogP contribution in [0, 0.1) is 5.41 Å². The zero-order valence-corrected chi connectivity index (χ0v) is 9.44. The van der Waals surface area contributed by atoms with Crippen molar-refractivity contribution in [2.75, 3.05) is 0 Å². The Morgan fingerprint density at radius 1 is 1.06 bits per heavy atom. The number of fused-ring (bicyclic) bond motifs is 2. The lowest BCUT2D eigenvalue weighted by Gasteiger charge is -2.21. The lowest BCUT2D eigenvalue weighted by molar-refractivity contribution is -0.134. The van der Waals surface area contributed by atoms with Gasteiger partial charge in [-0.3, -0.25) is 15.0 Å². The molecule has 18 heavy (non-hydrogen) atoms. The fourth-order valence-electron chi connectivity index (χ4n) is 2.26. The van der Waals surface area contributed by atoms with E-state index in [0.717, 1.165) is 10.8 Å². The molecule has 0 radical (unpaired) electrons. The van der Waals surface area contributed by atoms with Crippen molar-refractivity contribution in [3.63, 3.8) is 0 Å². The van der Waals surface area contributed by atoms with Gasteiger partial charge in [-0.1, -0.05) is 24.3 Å². The molecule has 1 unspecified atom stereocenters. The number of nitrogens with one attached hydrogen (secondary N) is 1. The Hall–Kier alpha value is -2.33. The first-order valence-electron chi connectivity index (χ1n) is 5.55. The van der Waals surface area contributed by atoms with Gasteiger partial charge in [0.05, 0.1) is 6.04 Å². The third-order valence-electron chi connectivity index (χ3n) is 3.26. The van der Waals surface area contributed by atoms with Gasteiger partial charge in [0.15, 0.2) is 0 Å². The Kier molecular flexibility index (Phi) is 2.15. The van der Waals surface area contributed by atoms with Crippen LogP contribution < -0.4 is 5.73 Å². The maximum absolute atomic E-state index is 11.6. The molecule has 0 bridgehead atoms. The first-order valence-corrected chi connectivity index (χ1v) is 5.55. The zero-order chi connectivity index (χ0) is 12.9. The lowest BCUT2D eigenvalue weighted by atomic mass is 9.83. The van der Waals surface area contributed by atoms with Gasteiger partial charge in [-0.2, -0.15) is 0 Å². The van der Waals surface area contributed by atoms with Crippen LogP contribution in [0.5, 0.6) is 0 Å². The molecule has 2 aromatic carbocycles. The highest BCUT2D eigenvalue weighted by Crippen LogP contribution is 2.28. The van der Waals surface area contributed by atoms with Gasteiger partial charge in [-0.15, -0.1) is 0 Å². The molecule has 0 saturated heterocycles. The molecule has 0 aromatic heterocycles. The molecule has 0 amide bonds. The molecular weight excluding hydrogens is 228 g/mol. The van der Waals surface area contributed by atoms with Crippen molar-refractivity contribution in [1.29, 1.82) is 5.41 Å². The van der Waals surface area contributed by atoms with Crippen LogP contribution in [-0.4, -0.2) is 17.3 Å². The number of benzene rings is 2. The Balaban J connectivity index is 2.36. The standard InChI is InChI=1S/C14H10N2O2/c15-11-9-5-7-3-1-2-4-8(7)6-10(9)12(16)14(18)13(11)17/h1-6,11,16H,15H2. The summed E-state index contributed by atoms with van der Waals surface area (Å²) in [6, 6.07) is 10.2. The smallest absolute Gasteiger partial charge is 0.248 e. The Bertz CT molecular complexity index is 719. The van der Waals surface area contributed by atoms with Crippen molar-refractivity contribution in [3.8, 4) is 0 Å². The predicted molar refractivity (Wildman–Crippen MR) is 67.7 cm³/mol. The minimum atomic E-state index is -0.953. The summed E-state index contributed by atoms with van der Waals surface area (Å²) in [6.07, 6.45) is 0. The summed E-state index contributed by atoms with van der Waals surface area (Å²) in [5.41, 5.74) is 6.53. The van der Waals surface area contributed by atoms with Crippen LogP contribution in [0.4, 0.5) is 0 Å². The second-order valence-corrected chi connectivity index (χ2v) is 4.33. The van der Waals surface area contributed by atoms with E-state index in [9.17, 15) is 9.59 Å². The number of carbonyl (C=O) groups excluding carboxylic acids is 2. The molecule has 0 saturated carbocycles. The summed E-state index contributed by atoms with van der Waals surface area (Å²) in [5.74, 6) is -1.51. The SMILES string of the molecule is N=C1C(=O)C(=O)C(N)c2cc3ccccc3cc21.